The van der Waals surface area contributed by atoms with Gasteiger partial charge in [-0.2, -0.15) is 0 Å². The zero-order chi connectivity index (χ0) is 15.3. The number of anilines is 1. The highest BCUT2D eigenvalue weighted by Crippen LogP contribution is 2.19. The van der Waals surface area contributed by atoms with E-state index in [4.69, 9.17) is 12.2 Å². The summed E-state index contributed by atoms with van der Waals surface area (Å²) >= 11 is 5.25. The fourth-order valence-electron chi connectivity index (χ4n) is 2.60. The van der Waals surface area contributed by atoms with E-state index in [1.807, 2.05) is 6.07 Å². The SMILES string of the molecule is CC(C)(C)c1nc(=S)cc(NCCCCN2CCCC2)[nH]1. The van der Waals surface area contributed by atoms with Gasteiger partial charge in [-0.1, -0.05) is 33.0 Å². The maximum Gasteiger partial charge on any atom is 0.131 e. The molecular formula is C16H28N4S. The molecule has 0 saturated carbocycles. The van der Waals surface area contributed by atoms with Gasteiger partial charge in [-0.25, -0.2) is 4.98 Å². The Balaban J connectivity index is 1.77. The van der Waals surface area contributed by atoms with Crippen molar-refractivity contribution in [2.24, 2.45) is 0 Å². The monoisotopic (exact) mass is 308 g/mol. The van der Waals surface area contributed by atoms with Gasteiger partial charge in [0.05, 0.1) is 0 Å². The van der Waals surface area contributed by atoms with Crippen LogP contribution in [0, 0.1) is 4.64 Å². The van der Waals surface area contributed by atoms with Gasteiger partial charge >= 0.3 is 0 Å². The molecule has 0 spiro atoms. The first-order valence-electron chi connectivity index (χ1n) is 8.03. The molecule has 0 unspecified atom stereocenters. The van der Waals surface area contributed by atoms with Crippen LogP contribution in [0.2, 0.25) is 0 Å². The van der Waals surface area contributed by atoms with Gasteiger partial charge in [0, 0.05) is 18.0 Å². The van der Waals surface area contributed by atoms with Crippen molar-refractivity contribution in [2.75, 3.05) is 31.5 Å². The van der Waals surface area contributed by atoms with Crippen molar-refractivity contribution in [1.29, 1.82) is 0 Å². The molecule has 0 radical (unpaired) electrons. The van der Waals surface area contributed by atoms with E-state index in [2.05, 4.69) is 41.0 Å². The van der Waals surface area contributed by atoms with E-state index in [0.29, 0.717) is 4.64 Å². The number of H-pyrrole nitrogens is 1. The van der Waals surface area contributed by atoms with Gasteiger partial charge in [0.15, 0.2) is 0 Å². The van der Waals surface area contributed by atoms with Crippen LogP contribution in [0.3, 0.4) is 0 Å². The van der Waals surface area contributed by atoms with Crippen molar-refractivity contribution in [3.63, 3.8) is 0 Å². The zero-order valence-corrected chi connectivity index (χ0v) is 14.4. The van der Waals surface area contributed by atoms with E-state index in [9.17, 15) is 0 Å². The van der Waals surface area contributed by atoms with Crippen LogP contribution in [0.5, 0.6) is 0 Å². The van der Waals surface area contributed by atoms with Gasteiger partial charge in [-0.05, 0) is 45.3 Å². The van der Waals surface area contributed by atoms with Crippen LogP contribution >= 0.6 is 12.2 Å². The van der Waals surface area contributed by atoms with Crippen molar-refractivity contribution in [2.45, 2.75) is 51.9 Å². The fraction of sp³-hybridized carbons (Fsp3) is 0.750. The van der Waals surface area contributed by atoms with E-state index < -0.39 is 0 Å². The number of unbranched alkanes of at least 4 members (excludes halogenated alkanes) is 1. The minimum atomic E-state index is -0.0129. The Bertz CT molecular complexity index is 498. The summed E-state index contributed by atoms with van der Waals surface area (Å²) < 4.78 is 0.651. The van der Waals surface area contributed by atoms with Crippen molar-refractivity contribution in [1.82, 2.24) is 14.9 Å². The summed E-state index contributed by atoms with van der Waals surface area (Å²) in [6.07, 6.45) is 5.19. The molecule has 4 nitrogen and oxygen atoms in total. The lowest BCUT2D eigenvalue weighted by Gasteiger charge is -2.19. The first-order chi connectivity index (χ1) is 9.95. The highest BCUT2D eigenvalue weighted by Gasteiger charge is 2.16. The van der Waals surface area contributed by atoms with E-state index in [-0.39, 0.29) is 5.41 Å². The van der Waals surface area contributed by atoms with Gasteiger partial charge in [0.1, 0.15) is 16.3 Å². The number of likely N-dealkylation sites (tertiary alicyclic amines) is 1. The van der Waals surface area contributed by atoms with E-state index >= 15 is 0 Å². The largest absolute Gasteiger partial charge is 0.372 e. The number of nitrogens with zero attached hydrogens (tertiary/aromatic N) is 2. The molecule has 1 aromatic rings. The molecule has 5 heteroatoms. The lowest BCUT2D eigenvalue weighted by molar-refractivity contribution is 0.331. The summed E-state index contributed by atoms with van der Waals surface area (Å²) in [6.45, 7) is 11.2. The Kier molecular flexibility index (Phi) is 5.76. The van der Waals surface area contributed by atoms with Gasteiger partial charge in [0.2, 0.25) is 0 Å². The van der Waals surface area contributed by atoms with Crippen LogP contribution in [-0.4, -0.2) is 41.0 Å². The van der Waals surface area contributed by atoms with Gasteiger partial charge in [-0.3, -0.25) is 0 Å². The van der Waals surface area contributed by atoms with Crippen LogP contribution in [0.1, 0.15) is 52.3 Å². The average Bonchev–Trinajstić information content (AvgIpc) is 2.90. The molecule has 2 heterocycles. The Morgan fingerprint density at radius 3 is 2.67 bits per heavy atom. The quantitative estimate of drug-likeness (QED) is 0.621. The van der Waals surface area contributed by atoms with Gasteiger partial charge < -0.3 is 15.2 Å². The molecule has 0 bridgehead atoms. The van der Waals surface area contributed by atoms with Crippen molar-refractivity contribution in [3.8, 4) is 0 Å². The molecule has 0 aromatic carbocycles. The summed E-state index contributed by atoms with van der Waals surface area (Å²) in [4.78, 5) is 10.3. The first-order valence-corrected chi connectivity index (χ1v) is 8.44. The maximum absolute atomic E-state index is 5.25. The number of rotatable bonds is 6. The minimum absolute atomic E-state index is 0.0129. The second-order valence-electron chi connectivity index (χ2n) is 6.91. The van der Waals surface area contributed by atoms with E-state index in [1.54, 1.807) is 0 Å². The highest BCUT2D eigenvalue weighted by molar-refractivity contribution is 7.71. The molecule has 118 valence electrons. The normalized spacial score (nSPS) is 16.3. The van der Waals surface area contributed by atoms with Crippen LogP contribution in [0.4, 0.5) is 5.82 Å². The average molecular weight is 308 g/mol. The van der Waals surface area contributed by atoms with Crippen molar-refractivity contribution < 1.29 is 0 Å². The minimum Gasteiger partial charge on any atom is -0.372 e. The second kappa shape index (κ2) is 7.36. The Morgan fingerprint density at radius 1 is 1.29 bits per heavy atom. The summed E-state index contributed by atoms with van der Waals surface area (Å²) in [5, 5.41) is 3.44. The molecule has 1 aliphatic rings. The number of hydrogen-bond acceptors (Lipinski definition) is 4. The standard InChI is InChI=1S/C16H28N4S/c1-16(2,3)15-18-13(12-14(21)19-15)17-8-4-5-9-20-10-6-7-11-20/h12H,4-11H2,1-3H3,(H2,17,18,19,21). The molecule has 1 saturated heterocycles. The zero-order valence-electron chi connectivity index (χ0n) is 13.5. The van der Waals surface area contributed by atoms with Crippen molar-refractivity contribution >= 4 is 18.0 Å². The van der Waals surface area contributed by atoms with Crippen LogP contribution in [0.25, 0.3) is 0 Å². The van der Waals surface area contributed by atoms with E-state index in [1.165, 1.54) is 45.3 Å². The maximum atomic E-state index is 5.25. The molecule has 2 N–H and O–H groups in total. The molecule has 0 aliphatic carbocycles. The number of aromatic nitrogens is 2. The first kappa shape index (κ1) is 16.4. The number of aromatic amines is 1. The lowest BCUT2D eigenvalue weighted by atomic mass is 9.96. The third kappa shape index (κ3) is 5.40. The summed E-state index contributed by atoms with van der Waals surface area (Å²) in [5.74, 6) is 1.93. The smallest absolute Gasteiger partial charge is 0.131 e. The van der Waals surface area contributed by atoms with Gasteiger partial charge in [0.25, 0.3) is 0 Å². The molecule has 0 atom stereocenters. The molecule has 2 rings (SSSR count). The number of hydrogen-bond donors (Lipinski definition) is 2. The Labute approximate surface area is 133 Å². The van der Waals surface area contributed by atoms with E-state index in [0.717, 1.165) is 18.2 Å². The predicted octanol–water partition coefficient (Wildman–Crippen LogP) is 3.72. The molecular weight excluding hydrogens is 280 g/mol. The lowest BCUT2D eigenvalue weighted by Crippen LogP contribution is -2.21. The molecule has 1 aliphatic heterocycles. The van der Waals surface area contributed by atoms with Crippen molar-refractivity contribution in [3.05, 3.63) is 16.5 Å². The third-order valence-corrected chi connectivity index (χ3v) is 4.08. The molecule has 1 fully saturated rings. The predicted molar refractivity (Wildman–Crippen MR) is 91.5 cm³/mol. The third-order valence-electron chi connectivity index (χ3n) is 3.87. The topological polar surface area (TPSA) is 44.0 Å². The summed E-state index contributed by atoms with van der Waals surface area (Å²) in [7, 11) is 0. The fourth-order valence-corrected chi connectivity index (χ4v) is 2.81. The van der Waals surface area contributed by atoms with Crippen LogP contribution in [0.15, 0.2) is 6.07 Å². The molecule has 0 amide bonds. The molecule has 21 heavy (non-hydrogen) atoms. The summed E-state index contributed by atoms with van der Waals surface area (Å²) in [6, 6.07) is 1.91. The van der Waals surface area contributed by atoms with Crippen LogP contribution in [-0.2, 0) is 5.41 Å². The Morgan fingerprint density at radius 2 is 2.00 bits per heavy atom. The van der Waals surface area contributed by atoms with Gasteiger partial charge in [-0.15, -0.1) is 0 Å². The Hall–Kier alpha value is -0.940. The summed E-state index contributed by atoms with van der Waals surface area (Å²) in [5.41, 5.74) is -0.0129. The second-order valence-corrected chi connectivity index (χ2v) is 7.33. The highest BCUT2D eigenvalue weighted by atomic mass is 32.1. The molecule has 1 aromatic heterocycles. The van der Waals surface area contributed by atoms with Crippen LogP contribution < -0.4 is 5.32 Å². The number of nitrogens with one attached hydrogen (secondary N) is 2.